The third kappa shape index (κ3) is 2.58. The Morgan fingerprint density at radius 2 is 1.85 bits per heavy atom. The minimum absolute atomic E-state index is 0.00215. The van der Waals surface area contributed by atoms with Gasteiger partial charge in [0.2, 0.25) is 5.91 Å². The van der Waals surface area contributed by atoms with Crippen LogP contribution in [0.25, 0.3) is 0 Å². The third-order valence-corrected chi connectivity index (χ3v) is 4.92. The summed E-state index contributed by atoms with van der Waals surface area (Å²) in [7, 11) is 2.08. The van der Waals surface area contributed by atoms with E-state index in [9.17, 15) is 9.59 Å². The fourth-order valence-corrected chi connectivity index (χ4v) is 3.33. The Morgan fingerprint density at radius 1 is 1.15 bits per heavy atom. The first kappa shape index (κ1) is 13.6. The van der Waals surface area contributed by atoms with Gasteiger partial charge in [-0.2, -0.15) is 0 Å². The van der Waals surface area contributed by atoms with Crippen LogP contribution in [0.4, 0.5) is 0 Å². The zero-order chi connectivity index (χ0) is 14.1. The number of likely N-dealkylation sites (N-methyl/N-ethyl adjacent to an activating group) is 1. The molecule has 1 aromatic rings. The first-order valence-corrected chi connectivity index (χ1v) is 7.83. The Kier molecular flexibility index (Phi) is 3.76. The van der Waals surface area contributed by atoms with E-state index in [1.165, 1.54) is 11.3 Å². The van der Waals surface area contributed by atoms with Crippen LogP contribution >= 0.6 is 11.3 Å². The summed E-state index contributed by atoms with van der Waals surface area (Å²) < 4.78 is 0. The molecule has 0 spiro atoms. The van der Waals surface area contributed by atoms with E-state index in [2.05, 4.69) is 11.9 Å². The van der Waals surface area contributed by atoms with Gasteiger partial charge in [-0.15, -0.1) is 11.3 Å². The maximum absolute atomic E-state index is 12.3. The number of likely N-dealkylation sites (tertiary alicyclic amines) is 1. The number of piperazine rings is 1. The van der Waals surface area contributed by atoms with Crippen molar-refractivity contribution in [3.05, 3.63) is 22.4 Å². The topological polar surface area (TPSA) is 43.9 Å². The molecule has 3 heterocycles. The molecule has 3 rings (SSSR count). The molecule has 0 N–H and O–H groups in total. The maximum Gasteiger partial charge on any atom is 0.263 e. The van der Waals surface area contributed by atoms with Crippen molar-refractivity contribution >= 4 is 23.2 Å². The quantitative estimate of drug-likeness (QED) is 0.802. The first-order chi connectivity index (χ1) is 9.65. The van der Waals surface area contributed by atoms with E-state index in [1.54, 1.807) is 4.90 Å². The second-order valence-corrected chi connectivity index (χ2v) is 6.46. The summed E-state index contributed by atoms with van der Waals surface area (Å²) in [6.45, 7) is 4.64. The summed E-state index contributed by atoms with van der Waals surface area (Å²) in [5, 5.41) is 1.90. The summed E-state index contributed by atoms with van der Waals surface area (Å²) in [4.78, 5) is 31.1. The molecule has 2 fully saturated rings. The largest absolute Gasteiger partial charge is 0.340 e. The van der Waals surface area contributed by atoms with Gasteiger partial charge in [-0.3, -0.25) is 9.59 Å². The van der Waals surface area contributed by atoms with Crippen molar-refractivity contribution in [2.45, 2.75) is 0 Å². The molecule has 0 aromatic carbocycles. The second-order valence-electron chi connectivity index (χ2n) is 5.51. The van der Waals surface area contributed by atoms with Crippen molar-refractivity contribution in [2.75, 3.05) is 46.3 Å². The Hall–Kier alpha value is -1.40. The van der Waals surface area contributed by atoms with E-state index in [0.717, 1.165) is 31.1 Å². The molecule has 0 unspecified atom stereocenters. The SMILES string of the molecule is CN1CCN(C(=O)C2CN(C(=O)c3cccs3)C2)CC1. The van der Waals surface area contributed by atoms with Gasteiger partial charge in [0.05, 0.1) is 10.8 Å². The summed E-state index contributed by atoms with van der Waals surface area (Å²) >= 11 is 1.45. The lowest BCUT2D eigenvalue weighted by Gasteiger charge is -2.42. The van der Waals surface area contributed by atoms with E-state index in [-0.39, 0.29) is 17.7 Å². The summed E-state index contributed by atoms with van der Waals surface area (Å²) in [5.74, 6) is 0.276. The fourth-order valence-electron chi connectivity index (χ4n) is 2.64. The van der Waals surface area contributed by atoms with E-state index in [4.69, 9.17) is 0 Å². The summed E-state index contributed by atoms with van der Waals surface area (Å²) in [5.41, 5.74) is 0. The highest BCUT2D eigenvalue weighted by molar-refractivity contribution is 7.12. The molecule has 2 saturated heterocycles. The molecule has 0 atom stereocenters. The van der Waals surface area contributed by atoms with Crippen molar-refractivity contribution in [1.29, 1.82) is 0 Å². The van der Waals surface area contributed by atoms with Crippen molar-refractivity contribution in [1.82, 2.24) is 14.7 Å². The molecule has 0 bridgehead atoms. The van der Waals surface area contributed by atoms with Crippen LogP contribution in [0.3, 0.4) is 0 Å². The second kappa shape index (κ2) is 5.54. The molecule has 2 aliphatic rings. The van der Waals surface area contributed by atoms with Gasteiger partial charge in [0.1, 0.15) is 0 Å². The monoisotopic (exact) mass is 293 g/mol. The van der Waals surface area contributed by atoms with Crippen LogP contribution in [0.5, 0.6) is 0 Å². The van der Waals surface area contributed by atoms with Gasteiger partial charge in [0.15, 0.2) is 0 Å². The van der Waals surface area contributed by atoms with Crippen LogP contribution < -0.4 is 0 Å². The highest BCUT2D eigenvalue weighted by Crippen LogP contribution is 2.23. The zero-order valence-electron chi connectivity index (χ0n) is 11.6. The molecule has 0 saturated carbocycles. The van der Waals surface area contributed by atoms with Crippen molar-refractivity contribution in [3.63, 3.8) is 0 Å². The van der Waals surface area contributed by atoms with Crippen LogP contribution in [0.2, 0.25) is 0 Å². The highest BCUT2D eigenvalue weighted by Gasteiger charge is 2.38. The average Bonchev–Trinajstić information content (AvgIpc) is 2.91. The van der Waals surface area contributed by atoms with Crippen LogP contribution in [0.1, 0.15) is 9.67 Å². The van der Waals surface area contributed by atoms with Gasteiger partial charge in [0, 0.05) is 39.3 Å². The fraction of sp³-hybridized carbons (Fsp3) is 0.571. The number of hydrogen-bond acceptors (Lipinski definition) is 4. The van der Waals surface area contributed by atoms with Gasteiger partial charge in [-0.25, -0.2) is 0 Å². The van der Waals surface area contributed by atoms with Crippen molar-refractivity contribution in [2.24, 2.45) is 5.92 Å². The number of nitrogens with zero attached hydrogens (tertiary/aromatic N) is 3. The first-order valence-electron chi connectivity index (χ1n) is 6.95. The zero-order valence-corrected chi connectivity index (χ0v) is 12.4. The predicted molar refractivity (Wildman–Crippen MR) is 77.8 cm³/mol. The molecule has 6 heteroatoms. The summed E-state index contributed by atoms with van der Waals surface area (Å²) in [6, 6.07) is 3.72. The molecule has 2 aliphatic heterocycles. The predicted octanol–water partition coefficient (Wildman–Crippen LogP) is 0.594. The lowest BCUT2D eigenvalue weighted by atomic mass is 9.97. The van der Waals surface area contributed by atoms with Gasteiger partial charge >= 0.3 is 0 Å². The minimum Gasteiger partial charge on any atom is -0.340 e. The van der Waals surface area contributed by atoms with E-state index < -0.39 is 0 Å². The Bertz CT molecular complexity index is 489. The van der Waals surface area contributed by atoms with E-state index in [0.29, 0.717) is 13.1 Å². The van der Waals surface area contributed by atoms with E-state index >= 15 is 0 Å². The number of rotatable bonds is 2. The molecule has 0 radical (unpaired) electrons. The molecule has 1 aromatic heterocycles. The Morgan fingerprint density at radius 3 is 2.45 bits per heavy atom. The molecule has 108 valence electrons. The molecule has 0 aliphatic carbocycles. The van der Waals surface area contributed by atoms with Crippen LogP contribution in [-0.4, -0.2) is 72.8 Å². The lowest BCUT2D eigenvalue weighted by Crippen LogP contribution is -2.58. The molecular weight excluding hydrogens is 274 g/mol. The average molecular weight is 293 g/mol. The van der Waals surface area contributed by atoms with Crippen molar-refractivity contribution in [3.8, 4) is 0 Å². The Balaban J connectivity index is 1.50. The standard InChI is InChI=1S/C14H19N3O2S/c1-15-4-6-16(7-5-15)13(18)11-9-17(10-11)14(19)12-3-2-8-20-12/h2-3,8,11H,4-7,9-10H2,1H3. The van der Waals surface area contributed by atoms with Crippen LogP contribution in [-0.2, 0) is 4.79 Å². The smallest absolute Gasteiger partial charge is 0.263 e. The number of carbonyl (C=O) groups is 2. The molecule has 2 amide bonds. The highest BCUT2D eigenvalue weighted by atomic mass is 32.1. The van der Waals surface area contributed by atoms with Gasteiger partial charge < -0.3 is 14.7 Å². The van der Waals surface area contributed by atoms with Crippen LogP contribution in [0, 0.1) is 5.92 Å². The normalized spacial score (nSPS) is 20.9. The maximum atomic E-state index is 12.3. The van der Waals surface area contributed by atoms with Crippen molar-refractivity contribution < 1.29 is 9.59 Å². The third-order valence-electron chi connectivity index (χ3n) is 4.06. The van der Waals surface area contributed by atoms with Gasteiger partial charge in [-0.05, 0) is 18.5 Å². The van der Waals surface area contributed by atoms with E-state index in [1.807, 2.05) is 22.4 Å². The molecule has 5 nitrogen and oxygen atoms in total. The van der Waals surface area contributed by atoms with Crippen LogP contribution in [0.15, 0.2) is 17.5 Å². The number of carbonyl (C=O) groups excluding carboxylic acids is 2. The summed E-state index contributed by atoms with van der Waals surface area (Å²) in [6.07, 6.45) is 0. The van der Waals surface area contributed by atoms with Gasteiger partial charge in [-0.1, -0.05) is 6.07 Å². The van der Waals surface area contributed by atoms with Gasteiger partial charge in [0.25, 0.3) is 5.91 Å². The lowest BCUT2D eigenvalue weighted by molar-refractivity contribution is -0.141. The molecule has 20 heavy (non-hydrogen) atoms. The number of amides is 2. The number of hydrogen-bond donors (Lipinski definition) is 0. The minimum atomic E-state index is 0.00215. The number of thiophene rings is 1. The Labute approximate surface area is 122 Å². The molecular formula is C14H19N3O2S.